The number of hydrogen-bond acceptors (Lipinski definition) is 2. The molecule has 1 amide bonds. The van der Waals surface area contributed by atoms with Gasteiger partial charge < -0.3 is 9.64 Å². The SMILES string of the molecule is C[C@@H](Oc1ccccc1)C(=O)N(C)C. The van der Waals surface area contributed by atoms with Crippen molar-refractivity contribution in [3.8, 4) is 5.75 Å². The third kappa shape index (κ3) is 2.76. The molecule has 0 heterocycles. The summed E-state index contributed by atoms with van der Waals surface area (Å²) in [6.45, 7) is 1.75. The molecular weight excluding hydrogens is 178 g/mol. The second-order valence-corrected chi connectivity index (χ2v) is 3.31. The van der Waals surface area contributed by atoms with Gasteiger partial charge in [-0.05, 0) is 19.1 Å². The summed E-state index contributed by atoms with van der Waals surface area (Å²) in [4.78, 5) is 13.0. The van der Waals surface area contributed by atoms with Gasteiger partial charge in [-0.25, -0.2) is 0 Å². The molecule has 0 saturated heterocycles. The number of rotatable bonds is 3. The molecule has 0 unspecified atom stereocenters. The van der Waals surface area contributed by atoms with E-state index in [0.717, 1.165) is 5.75 Å². The summed E-state index contributed by atoms with van der Waals surface area (Å²) >= 11 is 0. The highest BCUT2D eigenvalue weighted by Crippen LogP contribution is 2.11. The highest BCUT2D eigenvalue weighted by molar-refractivity contribution is 5.80. The lowest BCUT2D eigenvalue weighted by molar-refractivity contribution is -0.135. The minimum Gasteiger partial charge on any atom is -0.481 e. The molecule has 0 aliphatic rings. The van der Waals surface area contributed by atoms with Gasteiger partial charge in [0.15, 0.2) is 6.10 Å². The van der Waals surface area contributed by atoms with Crippen LogP contribution in [0.2, 0.25) is 0 Å². The second kappa shape index (κ2) is 4.65. The molecule has 0 aliphatic heterocycles. The number of ether oxygens (including phenoxy) is 1. The fraction of sp³-hybridized carbons (Fsp3) is 0.364. The standard InChI is InChI=1S/C11H15NO2/c1-9(11(13)12(2)3)14-10-7-5-4-6-8-10/h4-9H,1-3H3/t9-/m1/s1. The first-order valence-corrected chi connectivity index (χ1v) is 4.54. The topological polar surface area (TPSA) is 29.5 Å². The lowest BCUT2D eigenvalue weighted by Gasteiger charge is -2.18. The first kappa shape index (κ1) is 10.6. The van der Waals surface area contributed by atoms with E-state index in [4.69, 9.17) is 4.74 Å². The van der Waals surface area contributed by atoms with Crippen LogP contribution in [0.15, 0.2) is 30.3 Å². The third-order valence-electron chi connectivity index (χ3n) is 1.84. The minimum absolute atomic E-state index is 0.0335. The average molecular weight is 193 g/mol. The lowest BCUT2D eigenvalue weighted by atomic mass is 10.3. The van der Waals surface area contributed by atoms with Crippen molar-refractivity contribution in [1.29, 1.82) is 0 Å². The molecule has 3 heteroatoms. The van der Waals surface area contributed by atoms with E-state index >= 15 is 0 Å². The molecule has 1 aromatic rings. The van der Waals surface area contributed by atoms with E-state index in [1.165, 1.54) is 4.90 Å². The third-order valence-corrected chi connectivity index (χ3v) is 1.84. The summed E-state index contributed by atoms with van der Waals surface area (Å²) in [5.41, 5.74) is 0. The van der Waals surface area contributed by atoms with Crippen LogP contribution in [0.3, 0.4) is 0 Å². The second-order valence-electron chi connectivity index (χ2n) is 3.31. The Hall–Kier alpha value is -1.51. The molecular formula is C11H15NO2. The van der Waals surface area contributed by atoms with E-state index in [9.17, 15) is 4.79 Å². The maximum Gasteiger partial charge on any atom is 0.262 e. The van der Waals surface area contributed by atoms with E-state index in [1.54, 1.807) is 21.0 Å². The van der Waals surface area contributed by atoms with Crippen molar-refractivity contribution < 1.29 is 9.53 Å². The van der Waals surface area contributed by atoms with Crippen LogP contribution in [0.5, 0.6) is 5.75 Å². The molecule has 1 aromatic carbocycles. The van der Waals surface area contributed by atoms with Crippen molar-refractivity contribution in [3.63, 3.8) is 0 Å². The molecule has 0 saturated carbocycles. The Balaban J connectivity index is 2.57. The maximum absolute atomic E-state index is 11.4. The van der Waals surface area contributed by atoms with Crippen LogP contribution in [0.25, 0.3) is 0 Å². The number of para-hydroxylation sites is 1. The summed E-state index contributed by atoms with van der Waals surface area (Å²) in [5, 5.41) is 0. The van der Waals surface area contributed by atoms with Gasteiger partial charge >= 0.3 is 0 Å². The van der Waals surface area contributed by atoms with Crippen LogP contribution in [-0.4, -0.2) is 31.0 Å². The van der Waals surface area contributed by atoms with Crippen molar-refractivity contribution >= 4 is 5.91 Å². The van der Waals surface area contributed by atoms with Gasteiger partial charge in [-0.15, -0.1) is 0 Å². The normalized spacial score (nSPS) is 11.9. The van der Waals surface area contributed by atoms with E-state index in [1.807, 2.05) is 30.3 Å². The molecule has 0 fully saturated rings. The number of benzene rings is 1. The summed E-state index contributed by atoms with van der Waals surface area (Å²) in [6, 6.07) is 9.33. The van der Waals surface area contributed by atoms with Crippen molar-refractivity contribution in [2.45, 2.75) is 13.0 Å². The highest BCUT2D eigenvalue weighted by Gasteiger charge is 2.15. The molecule has 0 bridgehead atoms. The van der Waals surface area contributed by atoms with Crippen LogP contribution in [0.4, 0.5) is 0 Å². The van der Waals surface area contributed by atoms with E-state index in [0.29, 0.717) is 0 Å². The zero-order valence-electron chi connectivity index (χ0n) is 8.73. The average Bonchev–Trinajstić information content (AvgIpc) is 2.18. The van der Waals surface area contributed by atoms with Gasteiger partial charge in [0.25, 0.3) is 5.91 Å². The van der Waals surface area contributed by atoms with E-state index in [-0.39, 0.29) is 5.91 Å². The molecule has 0 aliphatic carbocycles. The van der Waals surface area contributed by atoms with Gasteiger partial charge in [-0.2, -0.15) is 0 Å². The Bertz CT molecular complexity index is 295. The Labute approximate surface area is 84.3 Å². The number of nitrogens with zero attached hydrogens (tertiary/aromatic N) is 1. The van der Waals surface area contributed by atoms with Crippen LogP contribution in [0, 0.1) is 0 Å². The van der Waals surface area contributed by atoms with Crippen molar-refractivity contribution in [2.75, 3.05) is 14.1 Å². The minimum atomic E-state index is -0.438. The Morgan fingerprint density at radius 3 is 2.36 bits per heavy atom. The Morgan fingerprint density at radius 1 is 1.29 bits per heavy atom. The zero-order chi connectivity index (χ0) is 10.6. The Morgan fingerprint density at radius 2 is 1.86 bits per heavy atom. The highest BCUT2D eigenvalue weighted by atomic mass is 16.5. The fourth-order valence-corrected chi connectivity index (χ4v) is 1.12. The Kier molecular flexibility index (Phi) is 3.51. The van der Waals surface area contributed by atoms with Gasteiger partial charge in [0.05, 0.1) is 0 Å². The van der Waals surface area contributed by atoms with Gasteiger partial charge in [0.2, 0.25) is 0 Å². The molecule has 1 atom stereocenters. The van der Waals surface area contributed by atoms with Crippen LogP contribution in [-0.2, 0) is 4.79 Å². The first-order chi connectivity index (χ1) is 6.61. The summed E-state index contributed by atoms with van der Waals surface area (Å²) < 4.78 is 5.45. The molecule has 0 N–H and O–H groups in total. The monoisotopic (exact) mass is 193 g/mol. The molecule has 1 rings (SSSR count). The van der Waals surface area contributed by atoms with Crippen molar-refractivity contribution in [1.82, 2.24) is 4.90 Å². The molecule has 0 spiro atoms. The lowest BCUT2D eigenvalue weighted by Crippen LogP contribution is -2.35. The first-order valence-electron chi connectivity index (χ1n) is 4.54. The molecule has 3 nitrogen and oxygen atoms in total. The van der Waals surface area contributed by atoms with E-state index < -0.39 is 6.10 Å². The predicted molar refractivity (Wildman–Crippen MR) is 55.2 cm³/mol. The summed E-state index contributed by atoms with van der Waals surface area (Å²) in [7, 11) is 3.43. The van der Waals surface area contributed by atoms with E-state index in [2.05, 4.69) is 0 Å². The maximum atomic E-state index is 11.4. The largest absolute Gasteiger partial charge is 0.481 e. The van der Waals surface area contributed by atoms with Crippen LogP contribution < -0.4 is 4.74 Å². The fourth-order valence-electron chi connectivity index (χ4n) is 1.12. The summed E-state index contributed by atoms with van der Waals surface area (Å²) in [6.07, 6.45) is -0.438. The van der Waals surface area contributed by atoms with Gasteiger partial charge in [0, 0.05) is 14.1 Å². The number of carbonyl (C=O) groups excluding carboxylic acids is 1. The number of hydrogen-bond donors (Lipinski definition) is 0. The number of amides is 1. The smallest absolute Gasteiger partial charge is 0.262 e. The molecule has 0 radical (unpaired) electrons. The van der Waals surface area contributed by atoms with Gasteiger partial charge in [-0.3, -0.25) is 4.79 Å². The summed E-state index contributed by atoms with van der Waals surface area (Å²) in [5.74, 6) is 0.684. The zero-order valence-corrected chi connectivity index (χ0v) is 8.73. The number of carbonyl (C=O) groups is 1. The predicted octanol–water partition coefficient (Wildman–Crippen LogP) is 1.54. The molecule has 76 valence electrons. The van der Waals surface area contributed by atoms with Crippen LogP contribution >= 0.6 is 0 Å². The van der Waals surface area contributed by atoms with Crippen molar-refractivity contribution in [3.05, 3.63) is 30.3 Å². The van der Waals surface area contributed by atoms with Crippen molar-refractivity contribution in [2.24, 2.45) is 0 Å². The van der Waals surface area contributed by atoms with Gasteiger partial charge in [-0.1, -0.05) is 18.2 Å². The van der Waals surface area contributed by atoms with Gasteiger partial charge in [0.1, 0.15) is 5.75 Å². The molecule has 14 heavy (non-hydrogen) atoms. The number of likely N-dealkylation sites (N-methyl/N-ethyl adjacent to an activating group) is 1. The quantitative estimate of drug-likeness (QED) is 0.728. The molecule has 0 aromatic heterocycles. The van der Waals surface area contributed by atoms with Crippen LogP contribution in [0.1, 0.15) is 6.92 Å².